The molecule has 0 radical (unpaired) electrons. The molecule has 5 nitrogen and oxygen atoms in total. The van der Waals surface area contributed by atoms with Crippen LogP contribution in [-0.2, 0) is 27.8 Å². The zero-order chi connectivity index (χ0) is 20.1. The first-order valence-electron chi connectivity index (χ1n) is 10.5. The molecule has 0 amide bonds. The molecule has 4 rings (SSSR count). The molecular weight excluding hydrogens is 384 g/mol. The molecule has 2 aromatic rings. The number of nitrogens with zero attached hydrogens (tertiary/aromatic N) is 1. The van der Waals surface area contributed by atoms with Crippen LogP contribution in [0, 0.1) is 5.92 Å². The summed E-state index contributed by atoms with van der Waals surface area (Å²) in [7, 11) is -3.22. The molecule has 0 spiro atoms. The Morgan fingerprint density at radius 1 is 0.931 bits per heavy atom. The first-order chi connectivity index (χ1) is 14.1. The second-order valence-corrected chi connectivity index (χ2v) is 10.0. The molecule has 1 N–H and O–H groups in total. The highest BCUT2D eigenvalue weighted by Gasteiger charge is 2.41. The third-order valence-corrected chi connectivity index (χ3v) is 7.52. The van der Waals surface area contributed by atoms with E-state index in [0.29, 0.717) is 19.1 Å². The molecule has 2 aromatic carbocycles. The van der Waals surface area contributed by atoms with E-state index in [0.717, 1.165) is 37.9 Å². The van der Waals surface area contributed by atoms with Gasteiger partial charge in [0.1, 0.15) is 0 Å². The minimum atomic E-state index is -3.22. The van der Waals surface area contributed by atoms with Crippen LogP contribution in [0.25, 0.3) is 0 Å². The Labute approximate surface area is 174 Å². The number of nitrogens with one attached hydrogen (secondary N) is 1. The number of piperidine rings is 1. The van der Waals surface area contributed by atoms with Crippen molar-refractivity contribution >= 4 is 10.0 Å². The van der Waals surface area contributed by atoms with Crippen LogP contribution in [0.3, 0.4) is 0 Å². The Kier molecular flexibility index (Phi) is 6.65. The highest BCUT2D eigenvalue weighted by Crippen LogP contribution is 2.26. The molecule has 2 aliphatic rings. The van der Waals surface area contributed by atoms with E-state index in [1.165, 1.54) is 5.56 Å². The fourth-order valence-electron chi connectivity index (χ4n) is 4.52. The van der Waals surface area contributed by atoms with Gasteiger partial charge in [-0.05, 0) is 49.4 Å². The minimum Gasteiger partial charge on any atom is -0.375 e. The fraction of sp³-hybridized carbons (Fsp3) is 0.478. The normalized spacial score (nSPS) is 25.2. The van der Waals surface area contributed by atoms with Gasteiger partial charge in [0.15, 0.2) is 0 Å². The fourth-order valence-corrected chi connectivity index (χ4v) is 6.19. The Morgan fingerprint density at radius 2 is 1.55 bits per heavy atom. The lowest BCUT2D eigenvalue weighted by Crippen LogP contribution is -2.50. The molecule has 2 fully saturated rings. The lowest BCUT2D eigenvalue weighted by Gasteiger charge is -2.37. The van der Waals surface area contributed by atoms with E-state index in [4.69, 9.17) is 4.74 Å². The zero-order valence-corrected chi connectivity index (χ0v) is 17.6. The van der Waals surface area contributed by atoms with Crippen molar-refractivity contribution < 1.29 is 13.2 Å². The molecule has 29 heavy (non-hydrogen) atoms. The van der Waals surface area contributed by atoms with E-state index in [1.54, 1.807) is 0 Å². The molecule has 6 heteroatoms. The van der Waals surface area contributed by atoms with Gasteiger partial charge in [-0.3, -0.25) is 4.90 Å². The van der Waals surface area contributed by atoms with Crippen molar-refractivity contribution in [3.63, 3.8) is 0 Å². The average Bonchev–Trinajstić information content (AvgIpc) is 3.04. The number of ether oxygens (including phenoxy) is 1. The maximum Gasteiger partial charge on any atom is 0.213 e. The third-order valence-electron chi connectivity index (χ3n) is 6.08. The molecule has 2 saturated heterocycles. The van der Waals surface area contributed by atoms with Gasteiger partial charge in [-0.2, -0.15) is 0 Å². The Bertz CT molecular complexity index is 866. The van der Waals surface area contributed by atoms with Crippen molar-refractivity contribution in [2.45, 2.75) is 38.0 Å². The molecule has 0 aliphatic carbocycles. The third kappa shape index (κ3) is 5.66. The molecule has 2 atom stereocenters. The monoisotopic (exact) mass is 414 g/mol. The maximum atomic E-state index is 12.2. The quantitative estimate of drug-likeness (QED) is 0.757. The lowest BCUT2D eigenvalue weighted by atomic mass is 9.89. The minimum absolute atomic E-state index is 0.00607. The van der Waals surface area contributed by atoms with E-state index in [2.05, 4.69) is 40.0 Å². The van der Waals surface area contributed by atoms with Crippen molar-refractivity contribution in [2.75, 3.05) is 25.4 Å². The van der Waals surface area contributed by atoms with Gasteiger partial charge in [-0.25, -0.2) is 13.1 Å². The molecular formula is C23H30N2O3S. The summed E-state index contributed by atoms with van der Waals surface area (Å²) in [5.41, 5.74) is 2.50. The number of likely N-dealkylation sites (tertiary alicyclic amines) is 1. The second-order valence-electron chi connectivity index (χ2n) is 8.24. The highest BCUT2D eigenvalue weighted by atomic mass is 32.2. The average molecular weight is 415 g/mol. The summed E-state index contributed by atoms with van der Waals surface area (Å²) in [5.74, 6) is 0.850. The van der Waals surface area contributed by atoms with Crippen molar-refractivity contribution in [3.8, 4) is 0 Å². The standard InChI is InChI=1S/C23H30N2O3S/c26-29(27)18-23(22(24-29)17-28-16-21-9-5-2-6-10-21)25-13-11-20(12-14-25)15-19-7-3-1-4-8-19/h1-10,20,22-24H,11-18H2/t22-,23+/m1/s1. The summed E-state index contributed by atoms with van der Waals surface area (Å²) in [6.45, 7) is 2.82. The molecule has 156 valence electrons. The largest absolute Gasteiger partial charge is 0.375 e. The first kappa shape index (κ1) is 20.5. The van der Waals surface area contributed by atoms with E-state index in [-0.39, 0.29) is 17.8 Å². The van der Waals surface area contributed by atoms with E-state index in [1.807, 2.05) is 30.3 Å². The van der Waals surface area contributed by atoms with Gasteiger partial charge >= 0.3 is 0 Å². The number of hydrogen-bond acceptors (Lipinski definition) is 4. The summed E-state index contributed by atoms with van der Waals surface area (Å²) in [4.78, 5) is 2.36. The number of rotatable bonds is 7. The van der Waals surface area contributed by atoms with Crippen LogP contribution < -0.4 is 4.72 Å². The summed E-state index contributed by atoms with van der Waals surface area (Å²) in [5, 5.41) is 0. The maximum absolute atomic E-state index is 12.2. The molecule has 0 bridgehead atoms. The molecule has 2 aliphatic heterocycles. The van der Waals surface area contributed by atoms with Crippen LogP contribution in [0.4, 0.5) is 0 Å². The van der Waals surface area contributed by atoms with Crippen molar-refractivity contribution in [1.29, 1.82) is 0 Å². The van der Waals surface area contributed by atoms with E-state index in [9.17, 15) is 8.42 Å². The van der Waals surface area contributed by atoms with Gasteiger partial charge in [0.05, 0.1) is 25.0 Å². The first-order valence-corrected chi connectivity index (χ1v) is 12.1. The van der Waals surface area contributed by atoms with Crippen molar-refractivity contribution in [1.82, 2.24) is 9.62 Å². The van der Waals surface area contributed by atoms with Crippen LogP contribution in [0.5, 0.6) is 0 Å². The Balaban J connectivity index is 1.30. The Morgan fingerprint density at radius 3 is 2.21 bits per heavy atom. The predicted octanol–water partition coefficient (Wildman–Crippen LogP) is 2.83. The topological polar surface area (TPSA) is 58.6 Å². The van der Waals surface area contributed by atoms with Crippen molar-refractivity contribution in [2.24, 2.45) is 5.92 Å². The van der Waals surface area contributed by atoms with Gasteiger partial charge in [-0.15, -0.1) is 0 Å². The van der Waals surface area contributed by atoms with Crippen LogP contribution >= 0.6 is 0 Å². The van der Waals surface area contributed by atoms with Gasteiger partial charge in [0.25, 0.3) is 0 Å². The zero-order valence-electron chi connectivity index (χ0n) is 16.7. The van der Waals surface area contributed by atoms with Gasteiger partial charge in [0, 0.05) is 6.04 Å². The van der Waals surface area contributed by atoms with Gasteiger partial charge < -0.3 is 4.74 Å². The summed E-state index contributed by atoms with van der Waals surface area (Å²) >= 11 is 0. The van der Waals surface area contributed by atoms with Crippen LogP contribution in [-0.4, -0.2) is 50.9 Å². The van der Waals surface area contributed by atoms with Gasteiger partial charge in [0.2, 0.25) is 10.0 Å². The number of sulfonamides is 1. The van der Waals surface area contributed by atoms with E-state index < -0.39 is 10.0 Å². The highest BCUT2D eigenvalue weighted by molar-refractivity contribution is 7.89. The van der Waals surface area contributed by atoms with E-state index >= 15 is 0 Å². The summed E-state index contributed by atoms with van der Waals surface area (Å²) in [6.07, 6.45) is 3.34. The summed E-state index contributed by atoms with van der Waals surface area (Å²) in [6, 6.07) is 20.5. The van der Waals surface area contributed by atoms with Gasteiger partial charge in [-0.1, -0.05) is 60.7 Å². The second kappa shape index (κ2) is 9.39. The molecule has 0 saturated carbocycles. The molecule has 0 aromatic heterocycles. The smallest absolute Gasteiger partial charge is 0.213 e. The lowest BCUT2D eigenvalue weighted by molar-refractivity contribution is 0.0638. The van der Waals surface area contributed by atoms with Crippen molar-refractivity contribution in [3.05, 3.63) is 71.8 Å². The Hall–Kier alpha value is -1.73. The van der Waals surface area contributed by atoms with Crippen LogP contribution in [0.1, 0.15) is 24.0 Å². The molecule has 0 unspecified atom stereocenters. The number of hydrogen-bond donors (Lipinski definition) is 1. The van der Waals surface area contributed by atoms with Crippen LogP contribution in [0.2, 0.25) is 0 Å². The summed E-state index contributed by atoms with van der Waals surface area (Å²) < 4.78 is 33.2. The SMILES string of the molecule is O=S1(=O)C[C@H](N2CCC(Cc3ccccc3)CC2)[C@@H](COCc2ccccc2)N1. The predicted molar refractivity (Wildman–Crippen MR) is 115 cm³/mol. The van der Waals surface area contributed by atoms with Crippen LogP contribution in [0.15, 0.2) is 60.7 Å². The number of benzene rings is 2. The molecule has 2 heterocycles.